The van der Waals surface area contributed by atoms with Crippen molar-refractivity contribution in [2.24, 2.45) is 5.16 Å². The van der Waals surface area contributed by atoms with Gasteiger partial charge in [-0.15, -0.1) is 0 Å². The highest BCUT2D eigenvalue weighted by molar-refractivity contribution is 5.90. The van der Waals surface area contributed by atoms with Crippen LogP contribution in [0.1, 0.15) is 19.4 Å². The van der Waals surface area contributed by atoms with Gasteiger partial charge in [-0.3, -0.25) is 0 Å². The summed E-state index contributed by atoms with van der Waals surface area (Å²) in [6.45, 7) is 3.63. The van der Waals surface area contributed by atoms with E-state index in [1.54, 1.807) is 14.0 Å². The number of methoxy groups -OCH3 is 1. The highest BCUT2D eigenvalue weighted by Gasteiger charge is 2.30. The molecule has 0 saturated carbocycles. The Labute approximate surface area is 119 Å². The second-order valence-electron chi connectivity index (χ2n) is 4.87. The van der Waals surface area contributed by atoms with E-state index in [0.717, 1.165) is 11.1 Å². The number of rotatable bonds is 4. The topological polar surface area (TPSA) is 41.8 Å². The minimum absolute atomic E-state index is 0.521. The van der Waals surface area contributed by atoms with Crippen LogP contribution in [0.3, 0.4) is 0 Å². The molecule has 3 heteroatoms. The Morgan fingerprint density at radius 2 is 1.55 bits per heavy atom. The van der Waals surface area contributed by atoms with Gasteiger partial charge in [0.25, 0.3) is 0 Å². The van der Waals surface area contributed by atoms with Crippen LogP contribution in [0.2, 0.25) is 0 Å². The first-order chi connectivity index (χ1) is 9.61. The Morgan fingerprint density at radius 3 is 2.05 bits per heavy atom. The Hall–Kier alpha value is -2.13. The van der Waals surface area contributed by atoms with Gasteiger partial charge in [-0.05, 0) is 30.5 Å². The average molecular weight is 269 g/mol. The molecule has 1 unspecified atom stereocenters. The van der Waals surface area contributed by atoms with Gasteiger partial charge in [0.15, 0.2) is 0 Å². The van der Waals surface area contributed by atoms with Crippen LogP contribution in [0.15, 0.2) is 59.8 Å². The van der Waals surface area contributed by atoms with Crippen LogP contribution in [0.25, 0.3) is 11.1 Å². The molecule has 2 aromatic rings. The summed E-state index contributed by atoms with van der Waals surface area (Å²) in [5.74, 6) is 0. The lowest BCUT2D eigenvalue weighted by Gasteiger charge is -2.27. The van der Waals surface area contributed by atoms with E-state index in [1.165, 1.54) is 5.56 Å². The van der Waals surface area contributed by atoms with Gasteiger partial charge in [0, 0.05) is 7.11 Å². The minimum atomic E-state index is -0.718. The number of benzene rings is 2. The highest BCUT2D eigenvalue weighted by Crippen LogP contribution is 2.29. The molecule has 1 atom stereocenters. The summed E-state index contributed by atoms with van der Waals surface area (Å²) < 4.78 is 5.53. The van der Waals surface area contributed by atoms with Crippen LogP contribution in [-0.2, 0) is 10.3 Å². The van der Waals surface area contributed by atoms with Gasteiger partial charge >= 0.3 is 0 Å². The smallest absolute Gasteiger partial charge is 0.131 e. The number of nitrogens with zero attached hydrogens (tertiary/aromatic N) is 1. The van der Waals surface area contributed by atoms with E-state index in [-0.39, 0.29) is 0 Å². The number of ether oxygens (including phenoxy) is 1. The van der Waals surface area contributed by atoms with Gasteiger partial charge in [-0.25, -0.2) is 0 Å². The third kappa shape index (κ3) is 2.58. The predicted molar refractivity (Wildman–Crippen MR) is 81.1 cm³/mol. The molecule has 0 radical (unpaired) electrons. The van der Waals surface area contributed by atoms with Gasteiger partial charge < -0.3 is 9.94 Å². The number of hydrogen-bond donors (Lipinski definition) is 1. The summed E-state index contributed by atoms with van der Waals surface area (Å²) in [6.07, 6.45) is 0. The SMILES string of the molecule is COC(C)(C(C)=NO)c1ccc(-c2ccccc2)cc1. The second kappa shape index (κ2) is 5.88. The Morgan fingerprint density at radius 1 is 1.00 bits per heavy atom. The maximum Gasteiger partial charge on any atom is 0.131 e. The predicted octanol–water partition coefficient (Wildman–Crippen LogP) is 4.07. The molecular formula is C17H19NO2. The third-order valence-electron chi connectivity index (χ3n) is 3.79. The fourth-order valence-corrected chi connectivity index (χ4v) is 2.18. The van der Waals surface area contributed by atoms with Crippen LogP contribution in [-0.4, -0.2) is 18.0 Å². The van der Waals surface area contributed by atoms with Crippen LogP contribution in [0.4, 0.5) is 0 Å². The van der Waals surface area contributed by atoms with E-state index in [1.807, 2.05) is 49.4 Å². The zero-order valence-corrected chi connectivity index (χ0v) is 12.0. The van der Waals surface area contributed by atoms with Crippen LogP contribution in [0.5, 0.6) is 0 Å². The lowest BCUT2D eigenvalue weighted by molar-refractivity contribution is 0.0606. The van der Waals surface area contributed by atoms with E-state index in [2.05, 4.69) is 17.3 Å². The maximum atomic E-state index is 9.00. The fourth-order valence-electron chi connectivity index (χ4n) is 2.18. The molecule has 2 rings (SSSR count). The molecule has 0 spiro atoms. The highest BCUT2D eigenvalue weighted by atomic mass is 16.5. The largest absolute Gasteiger partial charge is 0.411 e. The first-order valence-electron chi connectivity index (χ1n) is 6.52. The van der Waals surface area contributed by atoms with Crippen molar-refractivity contribution < 1.29 is 9.94 Å². The molecule has 2 aromatic carbocycles. The number of oxime groups is 1. The third-order valence-corrected chi connectivity index (χ3v) is 3.79. The Kier molecular flexibility index (Phi) is 4.20. The molecule has 0 aliphatic carbocycles. The van der Waals surface area contributed by atoms with Crippen molar-refractivity contribution in [3.63, 3.8) is 0 Å². The quantitative estimate of drug-likeness (QED) is 0.516. The van der Waals surface area contributed by atoms with Crippen molar-refractivity contribution in [2.45, 2.75) is 19.4 Å². The molecule has 20 heavy (non-hydrogen) atoms. The van der Waals surface area contributed by atoms with Crippen molar-refractivity contribution in [1.29, 1.82) is 0 Å². The molecule has 1 N–H and O–H groups in total. The fraction of sp³-hybridized carbons (Fsp3) is 0.235. The molecule has 0 aromatic heterocycles. The molecule has 0 bridgehead atoms. The zero-order chi connectivity index (χ0) is 14.6. The van der Waals surface area contributed by atoms with Crippen LogP contribution < -0.4 is 0 Å². The summed E-state index contributed by atoms with van der Waals surface area (Å²) in [4.78, 5) is 0. The van der Waals surface area contributed by atoms with Crippen molar-refractivity contribution in [3.05, 3.63) is 60.2 Å². The van der Waals surface area contributed by atoms with E-state index >= 15 is 0 Å². The van der Waals surface area contributed by atoms with Gasteiger partial charge in [-0.2, -0.15) is 0 Å². The van der Waals surface area contributed by atoms with Gasteiger partial charge in [0.2, 0.25) is 0 Å². The number of hydrogen-bond acceptors (Lipinski definition) is 3. The van der Waals surface area contributed by atoms with E-state index < -0.39 is 5.60 Å². The molecule has 0 saturated heterocycles. The first-order valence-corrected chi connectivity index (χ1v) is 6.52. The summed E-state index contributed by atoms with van der Waals surface area (Å²) in [5.41, 5.74) is 3.07. The molecule has 0 amide bonds. The summed E-state index contributed by atoms with van der Waals surface area (Å²) in [7, 11) is 1.61. The summed E-state index contributed by atoms with van der Waals surface area (Å²) >= 11 is 0. The van der Waals surface area contributed by atoms with Gasteiger partial charge in [0.05, 0.1) is 5.71 Å². The molecular weight excluding hydrogens is 250 g/mol. The van der Waals surface area contributed by atoms with E-state index in [0.29, 0.717) is 5.71 Å². The summed E-state index contributed by atoms with van der Waals surface area (Å²) in [6, 6.07) is 18.3. The molecule has 0 aliphatic heterocycles. The van der Waals surface area contributed by atoms with Crippen molar-refractivity contribution >= 4 is 5.71 Å². The molecule has 0 heterocycles. The summed E-state index contributed by atoms with van der Waals surface area (Å²) in [5, 5.41) is 12.3. The van der Waals surface area contributed by atoms with Gasteiger partial charge in [0.1, 0.15) is 5.60 Å². The first kappa shape index (κ1) is 14.3. The zero-order valence-electron chi connectivity index (χ0n) is 12.0. The van der Waals surface area contributed by atoms with E-state index in [4.69, 9.17) is 9.94 Å². The molecule has 0 fully saturated rings. The monoisotopic (exact) mass is 269 g/mol. The molecule has 0 aliphatic rings. The molecule has 3 nitrogen and oxygen atoms in total. The van der Waals surface area contributed by atoms with Crippen LogP contribution >= 0.6 is 0 Å². The Bertz CT molecular complexity index is 590. The Balaban J connectivity index is 2.37. The van der Waals surface area contributed by atoms with Crippen molar-refractivity contribution in [1.82, 2.24) is 0 Å². The maximum absolute atomic E-state index is 9.00. The minimum Gasteiger partial charge on any atom is -0.411 e. The standard InChI is InChI=1S/C17H19NO2/c1-13(18-19)17(2,20-3)16-11-9-15(10-12-16)14-7-5-4-6-8-14/h4-12,19H,1-3H3. The lowest BCUT2D eigenvalue weighted by atomic mass is 9.90. The van der Waals surface area contributed by atoms with Crippen LogP contribution in [0, 0.1) is 0 Å². The second-order valence-corrected chi connectivity index (χ2v) is 4.87. The van der Waals surface area contributed by atoms with Crippen molar-refractivity contribution in [3.8, 4) is 11.1 Å². The normalized spacial score (nSPS) is 14.8. The van der Waals surface area contributed by atoms with Crippen molar-refractivity contribution in [2.75, 3.05) is 7.11 Å². The molecule has 104 valence electrons. The lowest BCUT2D eigenvalue weighted by Crippen LogP contribution is -2.32. The average Bonchev–Trinajstić information content (AvgIpc) is 2.54. The van der Waals surface area contributed by atoms with Gasteiger partial charge in [-0.1, -0.05) is 59.8 Å². The van der Waals surface area contributed by atoms with E-state index in [9.17, 15) is 0 Å².